The van der Waals surface area contributed by atoms with Crippen LogP contribution in [0.25, 0.3) is 6.08 Å². The van der Waals surface area contributed by atoms with Gasteiger partial charge in [-0.3, -0.25) is 9.80 Å². The highest BCUT2D eigenvalue weighted by atomic mass is 16.3. The van der Waals surface area contributed by atoms with Crippen LogP contribution in [-0.4, -0.2) is 59.0 Å². The molecular formula is C25H34N2O2. The van der Waals surface area contributed by atoms with Gasteiger partial charge in [-0.1, -0.05) is 42.3 Å². The van der Waals surface area contributed by atoms with Gasteiger partial charge in [-0.15, -0.1) is 0 Å². The fourth-order valence-corrected chi connectivity index (χ4v) is 6.13. The lowest BCUT2D eigenvalue weighted by molar-refractivity contribution is -0.112. The molecule has 29 heavy (non-hydrogen) atoms. The zero-order valence-corrected chi connectivity index (χ0v) is 17.4. The molecule has 3 heterocycles. The summed E-state index contributed by atoms with van der Waals surface area (Å²) in [6, 6.07) is 10.2. The van der Waals surface area contributed by atoms with Gasteiger partial charge in [-0.05, 0) is 62.5 Å². The molecule has 4 aliphatic rings. The van der Waals surface area contributed by atoms with Gasteiger partial charge in [-0.2, -0.15) is 0 Å². The Morgan fingerprint density at radius 3 is 2.17 bits per heavy atom. The molecule has 4 heteroatoms. The molecule has 1 aliphatic carbocycles. The van der Waals surface area contributed by atoms with Crippen molar-refractivity contribution in [3.63, 3.8) is 0 Å². The summed E-state index contributed by atoms with van der Waals surface area (Å²) in [5, 5.41) is 11.4. The van der Waals surface area contributed by atoms with E-state index in [2.05, 4.69) is 40.1 Å². The quantitative estimate of drug-likeness (QED) is 0.773. The van der Waals surface area contributed by atoms with Crippen LogP contribution in [0, 0.1) is 0 Å². The molecule has 1 aromatic rings. The van der Waals surface area contributed by atoms with Crippen LogP contribution < -0.4 is 0 Å². The van der Waals surface area contributed by atoms with Gasteiger partial charge in [-0.25, -0.2) is 0 Å². The van der Waals surface area contributed by atoms with Crippen molar-refractivity contribution in [1.82, 2.24) is 9.80 Å². The fourth-order valence-electron chi connectivity index (χ4n) is 6.13. The van der Waals surface area contributed by atoms with Crippen molar-refractivity contribution in [2.24, 2.45) is 0 Å². The third kappa shape index (κ3) is 3.83. The lowest BCUT2D eigenvalue weighted by Gasteiger charge is -2.43. The Morgan fingerprint density at radius 1 is 0.966 bits per heavy atom. The van der Waals surface area contributed by atoms with Gasteiger partial charge in [0, 0.05) is 31.2 Å². The average Bonchev–Trinajstić information content (AvgIpc) is 2.93. The maximum atomic E-state index is 11.4. The summed E-state index contributed by atoms with van der Waals surface area (Å²) in [5.74, 6) is 0. The van der Waals surface area contributed by atoms with E-state index >= 15 is 0 Å². The highest BCUT2D eigenvalue weighted by Crippen LogP contribution is 2.45. The molecule has 5 rings (SSSR count). The molecule has 3 aliphatic heterocycles. The second-order valence-corrected chi connectivity index (χ2v) is 9.73. The third-order valence-corrected chi connectivity index (χ3v) is 8.05. The summed E-state index contributed by atoms with van der Waals surface area (Å²) >= 11 is 0. The van der Waals surface area contributed by atoms with E-state index < -0.39 is 5.60 Å². The van der Waals surface area contributed by atoms with E-state index in [0.717, 1.165) is 43.6 Å². The lowest BCUT2D eigenvalue weighted by atomic mass is 9.80. The number of hydrogen-bond donors (Lipinski definition) is 1. The third-order valence-electron chi connectivity index (χ3n) is 8.05. The highest BCUT2D eigenvalue weighted by molar-refractivity contribution is 5.54. The Balaban J connectivity index is 1.23. The number of aldehydes is 1. The number of aliphatic hydroxyl groups is 1. The zero-order valence-electron chi connectivity index (χ0n) is 17.4. The molecule has 0 aromatic heterocycles. The minimum absolute atomic E-state index is 0.339. The number of carbonyl (C=O) groups is 1. The lowest BCUT2D eigenvalue weighted by Crippen LogP contribution is -2.50. The first-order valence-electron chi connectivity index (χ1n) is 11.6. The van der Waals surface area contributed by atoms with Crippen LogP contribution >= 0.6 is 0 Å². The minimum atomic E-state index is -0.745. The molecule has 0 spiro atoms. The van der Waals surface area contributed by atoms with Crippen molar-refractivity contribution in [3.05, 3.63) is 41.0 Å². The molecule has 0 amide bonds. The molecule has 2 bridgehead atoms. The van der Waals surface area contributed by atoms with Crippen molar-refractivity contribution in [2.75, 3.05) is 19.6 Å². The molecule has 156 valence electrons. The van der Waals surface area contributed by atoms with E-state index in [1.54, 1.807) is 5.57 Å². The summed E-state index contributed by atoms with van der Waals surface area (Å²) in [5.41, 5.74) is 3.12. The van der Waals surface area contributed by atoms with E-state index in [0.29, 0.717) is 18.6 Å². The number of hydrogen-bond acceptors (Lipinski definition) is 4. The first-order valence-corrected chi connectivity index (χ1v) is 11.6. The molecule has 2 unspecified atom stereocenters. The fraction of sp³-hybridized carbons (Fsp3) is 0.640. The van der Waals surface area contributed by atoms with Crippen LogP contribution in [0.4, 0.5) is 0 Å². The predicted octanol–water partition coefficient (Wildman–Crippen LogP) is 3.73. The second-order valence-electron chi connectivity index (χ2n) is 9.73. The molecule has 1 saturated carbocycles. The zero-order chi connectivity index (χ0) is 19.8. The molecule has 1 N–H and O–H groups in total. The smallest absolute Gasteiger partial charge is 0.134 e. The van der Waals surface area contributed by atoms with Gasteiger partial charge in [0.1, 0.15) is 6.29 Å². The normalized spacial score (nSPS) is 33.5. The summed E-state index contributed by atoms with van der Waals surface area (Å²) in [4.78, 5) is 16.0. The average molecular weight is 395 g/mol. The van der Waals surface area contributed by atoms with Crippen molar-refractivity contribution in [2.45, 2.75) is 81.5 Å². The first kappa shape index (κ1) is 19.5. The van der Waals surface area contributed by atoms with E-state index in [-0.39, 0.29) is 0 Å². The molecule has 3 saturated heterocycles. The number of carbonyl (C=O) groups excluding carboxylic acids is 1. The molecule has 4 nitrogen and oxygen atoms in total. The Kier molecular flexibility index (Phi) is 5.35. The SMILES string of the molecule is O=CCN1C2CCC1CC(O)(c1ccc(C=C3CCN(C4CCC4)CC3)cc1)C2. The minimum Gasteiger partial charge on any atom is -0.385 e. The number of nitrogens with zero attached hydrogens (tertiary/aromatic N) is 2. The number of rotatable bonds is 5. The molecule has 1 aromatic carbocycles. The summed E-state index contributed by atoms with van der Waals surface area (Å²) < 4.78 is 0. The number of likely N-dealkylation sites (tertiary alicyclic amines) is 1. The van der Waals surface area contributed by atoms with Gasteiger partial charge in [0.25, 0.3) is 0 Å². The molecular weight excluding hydrogens is 360 g/mol. The van der Waals surface area contributed by atoms with Crippen LogP contribution in [0.1, 0.15) is 68.9 Å². The molecule has 0 radical (unpaired) electrons. The maximum Gasteiger partial charge on any atom is 0.134 e. The standard InChI is InChI=1S/C25H34N2O2/c28-15-14-27-23-8-9-24(27)18-25(29,17-23)21-6-4-19(5-7-21)16-20-10-12-26(13-11-20)22-2-1-3-22/h4-7,15-16,22-24,29H,1-3,8-14,17-18H2. The van der Waals surface area contributed by atoms with Crippen LogP contribution in [0.5, 0.6) is 0 Å². The Bertz CT molecular complexity index is 744. The van der Waals surface area contributed by atoms with Crippen molar-refractivity contribution >= 4 is 12.4 Å². The van der Waals surface area contributed by atoms with Gasteiger partial charge in [0.05, 0.1) is 12.1 Å². The van der Waals surface area contributed by atoms with Crippen LogP contribution in [0.3, 0.4) is 0 Å². The topological polar surface area (TPSA) is 43.8 Å². The number of fused-ring (bicyclic) bond motifs is 2. The Hall–Kier alpha value is -1.49. The van der Waals surface area contributed by atoms with Crippen LogP contribution in [0.2, 0.25) is 0 Å². The summed E-state index contributed by atoms with van der Waals surface area (Å²) in [6.45, 7) is 2.94. The van der Waals surface area contributed by atoms with E-state index in [4.69, 9.17) is 0 Å². The molecule has 2 atom stereocenters. The van der Waals surface area contributed by atoms with Gasteiger partial charge in [0.15, 0.2) is 0 Å². The van der Waals surface area contributed by atoms with Gasteiger partial charge in [0.2, 0.25) is 0 Å². The van der Waals surface area contributed by atoms with Crippen molar-refractivity contribution < 1.29 is 9.90 Å². The number of piperidine rings is 2. The number of benzene rings is 1. The largest absolute Gasteiger partial charge is 0.385 e. The van der Waals surface area contributed by atoms with E-state index in [1.165, 1.54) is 50.8 Å². The Labute approximate surface area is 174 Å². The highest BCUT2D eigenvalue weighted by Gasteiger charge is 2.47. The predicted molar refractivity (Wildman–Crippen MR) is 116 cm³/mol. The van der Waals surface area contributed by atoms with E-state index in [1.807, 2.05) is 0 Å². The first-order chi connectivity index (χ1) is 14.1. The van der Waals surface area contributed by atoms with E-state index in [9.17, 15) is 9.90 Å². The second kappa shape index (κ2) is 7.98. The van der Waals surface area contributed by atoms with Crippen LogP contribution in [0.15, 0.2) is 29.8 Å². The summed E-state index contributed by atoms with van der Waals surface area (Å²) in [7, 11) is 0. The Morgan fingerprint density at radius 2 is 1.62 bits per heavy atom. The monoisotopic (exact) mass is 394 g/mol. The van der Waals surface area contributed by atoms with Crippen LogP contribution in [-0.2, 0) is 10.4 Å². The molecule has 4 fully saturated rings. The summed E-state index contributed by atoms with van der Waals surface area (Å²) in [6.07, 6.45) is 13.7. The van der Waals surface area contributed by atoms with Crippen molar-refractivity contribution in [1.29, 1.82) is 0 Å². The maximum absolute atomic E-state index is 11.4. The van der Waals surface area contributed by atoms with Crippen molar-refractivity contribution in [3.8, 4) is 0 Å². The van der Waals surface area contributed by atoms with Gasteiger partial charge >= 0.3 is 0 Å². The van der Waals surface area contributed by atoms with Gasteiger partial charge < -0.3 is 9.90 Å².